The Bertz CT molecular complexity index is 900. The van der Waals surface area contributed by atoms with Gasteiger partial charge in [0.25, 0.3) is 0 Å². The van der Waals surface area contributed by atoms with Crippen LogP contribution in [0.3, 0.4) is 0 Å². The van der Waals surface area contributed by atoms with Crippen molar-refractivity contribution < 1.29 is 17.9 Å². The highest BCUT2D eigenvalue weighted by Crippen LogP contribution is 2.37. The Labute approximate surface area is 181 Å². The van der Waals surface area contributed by atoms with Crippen molar-refractivity contribution in [2.75, 3.05) is 19.0 Å². The third-order valence-corrected chi connectivity index (χ3v) is 4.97. The summed E-state index contributed by atoms with van der Waals surface area (Å²) < 4.78 is 44.5. The molecule has 1 aliphatic carbocycles. The van der Waals surface area contributed by atoms with Gasteiger partial charge in [0.05, 0.1) is 29.0 Å². The van der Waals surface area contributed by atoms with E-state index in [1.165, 1.54) is 13.2 Å². The molecule has 1 aromatic heterocycles. The second-order valence-electron chi connectivity index (χ2n) is 6.46. The molecule has 0 spiro atoms. The number of nitrogens with one attached hydrogen (secondary N) is 1. The number of aromatic nitrogens is 2. The van der Waals surface area contributed by atoms with Crippen molar-refractivity contribution in [2.45, 2.75) is 19.0 Å². The van der Waals surface area contributed by atoms with Crippen LogP contribution < -0.4 is 10.1 Å². The number of allylic oxidation sites excluding steroid dienone is 2. The number of aliphatic imine (C=N–C) groups is 1. The van der Waals surface area contributed by atoms with Crippen molar-refractivity contribution in [3.63, 3.8) is 0 Å². The largest absolute Gasteiger partial charge is 0.495 e. The van der Waals surface area contributed by atoms with E-state index < -0.39 is 17.8 Å². The lowest BCUT2D eigenvalue weighted by Crippen LogP contribution is -2.30. The molecule has 1 aromatic carbocycles. The molecule has 1 aliphatic rings. The minimum absolute atomic E-state index is 0.264. The van der Waals surface area contributed by atoms with E-state index in [0.29, 0.717) is 47.0 Å². The number of hydrogen-bond acceptors (Lipinski definition) is 5. The number of rotatable bonds is 7. The van der Waals surface area contributed by atoms with Gasteiger partial charge < -0.3 is 10.1 Å². The zero-order valence-electron chi connectivity index (χ0n) is 16.4. The maximum absolute atomic E-state index is 14.1. The van der Waals surface area contributed by atoms with Crippen LogP contribution >= 0.6 is 15.9 Å². The van der Waals surface area contributed by atoms with Gasteiger partial charge in [-0.1, -0.05) is 6.58 Å². The van der Waals surface area contributed by atoms with E-state index in [1.807, 2.05) is 0 Å². The predicted octanol–water partition coefficient (Wildman–Crippen LogP) is 5.90. The van der Waals surface area contributed by atoms with E-state index in [1.54, 1.807) is 18.2 Å². The van der Waals surface area contributed by atoms with Crippen LogP contribution in [0.5, 0.6) is 5.75 Å². The van der Waals surface area contributed by atoms with Crippen molar-refractivity contribution in [3.8, 4) is 17.0 Å². The standard InChI is InChI=1S/C16H16BrF2N3O.C5H6FN/c1-23-16-11(17)2-3-12(19)15(16)13-4-5-14(22-21-13)20-8-9-6-10(18)7-9;1-3-5(6)4-7-2/h2-5,9-10H,6-8H2,1H3,(H,20,22);3-4H,1-2H2/b;5-4+. The summed E-state index contributed by atoms with van der Waals surface area (Å²) in [5.41, 5.74) is 0.652. The van der Waals surface area contributed by atoms with Crippen molar-refractivity contribution in [3.05, 3.63) is 59.2 Å². The number of nitrogens with zero attached hydrogens (tertiary/aromatic N) is 3. The number of benzene rings is 1. The number of methoxy groups -OCH3 is 1. The number of hydrogen-bond donors (Lipinski definition) is 1. The van der Waals surface area contributed by atoms with Gasteiger partial charge in [0.15, 0.2) is 0 Å². The van der Waals surface area contributed by atoms with E-state index in [2.05, 4.69) is 49.7 Å². The number of halogens is 4. The molecular formula is C21H22BrF3N4O. The average Bonchev–Trinajstić information content (AvgIpc) is 2.73. The van der Waals surface area contributed by atoms with Crippen LogP contribution in [-0.2, 0) is 0 Å². The maximum Gasteiger partial charge on any atom is 0.148 e. The second kappa shape index (κ2) is 11.5. The van der Waals surface area contributed by atoms with Gasteiger partial charge in [0.2, 0.25) is 0 Å². The van der Waals surface area contributed by atoms with Gasteiger partial charge in [-0.3, -0.25) is 4.99 Å². The Morgan fingerprint density at radius 2 is 2.07 bits per heavy atom. The van der Waals surface area contributed by atoms with Crippen LogP contribution in [0.2, 0.25) is 0 Å². The molecule has 5 nitrogen and oxygen atoms in total. The lowest BCUT2D eigenvalue weighted by molar-refractivity contribution is 0.140. The third kappa shape index (κ3) is 6.41. The zero-order valence-corrected chi connectivity index (χ0v) is 18.0. The summed E-state index contributed by atoms with van der Waals surface area (Å²) in [7, 11) is 1.48. The first kappa shape index (κ1) is 23.6. The minimum atomic E-state index is -0.665. The lowest BCUT2D eigenvalue weighted by atomic mass is 9.83. The average molecular weight is 483 g/mol. The van der Waals surface area contributed by atoms with Gasteiger partial charge in [0, 0.05) is 6.54 Å². The molecule has 1 N–H and O–H groups in total. The van der Waals surface area contributed by atoms with Crippen LogP contribution in [0, 0.1) is 11.7 Å². The summed E-state index contributed by atoms with van der Waals surface area (Å²) in [6.45, 7) is 6.85. The second-order valence-corrected chi connectivity index (χ2v) is 7.31. The van der Waals surface area contributed by atoms with Crippen LogP contribution in [0.25, 0.3) is 11.3 Å². The minimum Gasteiger partial charge on any atom is -0.495 e. The quantitative estimate of drug-likeness (QED) is 0.394. The Kier molecular flexibility index (Phi) is 9.04. The number of ether oxygens (including phenoxy) is 1. The summed E-state index contributed by atoms with van der Waals surface area (Å²) in [5, 5.41) is 11.3. The van der Waals surface area contributed by atoms with E-state index in [0.717, 1.165) is 12.3 Å². The van der Waals surface area contributed by atoms with Gasteiger partial charge in [-0.15, -0.1) is 10.2 Å². The Balaban J connectivity index is 0.000000396. The molecule has 9 heteroatoms. The fraction of sp³-hybridized carbons (Fsp3) is 0.286. The molecule has 0 amide bonds. The number of anilines is 1. The van der Waals surface area contributed by atoms with Crippen LogP contribution in [0.15, 0.2) is 58.4 Å². The third-order valence-electron chi connectivity index (χ3n) is 4.34. The normalized spacial score (nSPS) is 17.8. The fourth-order valence-corrected chi connectivity index (χ4v) is 3.23. The van der Waals surface area contributed by atoms with Crippen molar-refractivity contribution in [1.29, 1.82) is 0 Å². The topological polar surface area (TPSA) is 59.4 Å². The summed E-state index contributed by atoms with van der Waals surface area (Å²) in [5.74, 6) is 0.418. The lowest BCUT2D eigenvalue weighted by Gasteiger charge is -2.29. The van der Waals surface area contributed by atoms with E-state index in [4.69, 9.17) is 4.74 Å². The molecular weight excluding hydrogens is 461 g/mol. The first-order chi connectivity index (χ1) is 14.4. The summed E-state index contributed by atoms with van der Waals surface area (Å²) in [4.78, 5) is 3.15. The molecule has 160 valence electrons. The summed E-state index contributed by atoms with van der Waals surface area (Å²) in [6, 6.07) is 6.34. The van der Waals surface area contributed by atoms with Gasteiger partial charge in [-0.2, -0.15) is 0 Å². The molecule has 3 rings (SSSR count). The Morgan fingerprint density at radius 1 is 1.33 bits per heavy atom. The van der Waals surface area contributed by atoms with Gasteiger partial charge in [-0.25, -0.2) is 13.2 Å². The molecule has 1 heterocycles. The van der Waals surface area contributed by atoms with Crippen molar-refractivity contribution >= 4 is 28.5 Å². The van der Waals surface area contributed by atoms with Crippen molar-refractivity contribution in [1.82, 2.24) is 10.2 Å². The van der Waals surface area contributed by atoms with E-state index in [-0.39, 0.29) is 5.56 Å². The highest BCUT2D eigenvalue weighted by molar-refractivity contribution is 9.10. The molecule has 30 heavy (non-hydrogen) atoms. The zero-order chi connectivity index (χ0) is 22.1. The van der Waals surface area contributed by atoms with E-state index in [9.17, 15) is 13.2 Å². The summed E-state index contributed by atoms with van der Waals surface area (Å²) >= 11 is 3.33. The molecule has 0 radical (unpaired) electrons. The Hall–Kier alpha value is -2.68. The highest BCUT2D eigenvalue weighted by atomic mass is 79.9. The van der Waals surface area contributed by atoms with Gasteiger partial charge in [-0.05, 0) is 71.7 Å². The number of alkyl halides is 1. The Morgan fingerprint density at radius 3 is 2.57 bits per heavy atom. The van der Waals surface area contributed by atoms with Gasteiger partial charge >= 0.3 is 0 Å². The monoisotopic (exact) mass is 482 g/mol. The van der Waals surface area contributed by atoms with Gasteiger partial charge in [0.1, 0.15) is 29.4 Å². The van der Waals surface area contributed by atoms with Crippen LogP contribution in [0.1, 0.15) is 12.8 Å². The predicted molar refractivity (Wildman–Crippen MR) is 117 cm³/mol. The molecule has 0 bridgehead atoms. The molecule has 1 fully saturated rings. The first-order valence-electron chi connectivity index (χ1n) is 9.07. The molecule has 2 aromatic rings. The molecule has 0 aliphatic heterocycles. The molecule has 0 saturated heterocycles. The summed E-state index contributed by atoms with van der Waals surface area (Å²) in [6.07, 6.45) is 2.59. The molecule has 0 atom stereocenters. The van der Waals surface area contributed by atoms with Crippen LogP contribution in [0.4, 0.5) is 19.0 Å². The SMILES string of the molecule is C=C/C(F)=C\N=C.COc1c(Br)ccc(F)c1-c1ccc(NCC2CC(F)C2)nn1. The fourth-order valence-electron chi connectivity index (χ4n) is 2.74. The smallest absolute Gasteiger partial charge is 0.148 e. The van der Waals surface area contributed by atoms with Crippen LogP contribution in [-0.4, -0.2) is 36.7 Å². The molecule has 0 unspecified atom stereocenters. The first-order valence-corrected chi connectivity index (χ1v) is 9.86. The molecule has 1 saturated carbocycles. The highest BCUT2D eigenvalue weighted by Gasteiger charge is 2.28. The van der Waals surface area contributed by atoms with E-state index >= 15 is 0 Å². The van der Waals surface area contributed by atoms with Crippen molar-refractivity contribution in [2.24, 2.45) is 10.9 Å². The maximum atomic E-state index is 14.1.